The third-order valence-corrected chi connectivity index (χ3v) is 4.57. The summed E-state index contributed by atoms with van der Waals surface area (Å²) >= 11 is 0. The van der Waals surface area contributed by atoms with E-state index >= 15 is 0 Å². The maximum Gasteiger partial charge on any atom is 0.200 e. The molecule has 1 atom stereocenters. The number of hydrogen-bond acceptors (Lipinski definition) is 1. The first kappa shape index (κ1) is 17.1. The van der Waals surface area contributed by atoms with Gasteiger partial charge in [-0.2, -0.15) is 0 Å². The standard InChI is InChI=1S/C13H17F5OSi/c1-6(4-5-13(2,3)19-20)7-8(14)10(16)12(18)11(17)9(7)15/h6H,4-5H2,1-3,20H3. The van der Waals surface area contributed by atoms with Crippen molar-refractivity contribution in [3.63, 3.8) is 0 Å². The molecule has 0 saturated heterocycles. The van der Waals surface area contributed by atoms with Crippen molar-refractivity contribution in [3.8, 4) is 0 Å². The molecule has 0 fully saturated rings. The van der Waals surface area contributed by atoms with Gasteiger partial charge in [-0.25, -0.2) is 22.0 Å². The third kappa shape index (κ3) is 3.38. The van der Waals surface area contributed by atoms with Gasteiger partial charge in [-0.1, -0.05) is 6.92 Å². The Morgan fingerprint density at radius 3 is 1.75 bits per heavy atom. The molecule has 1 aromatic carbocycles. The summed E-state index contributed by atoms with van der Waals surface area (Å²) in [4.78, 5) is 0. The molecule has 114 valence electrons. The summed E-state index contributed by atoms with van der Waals surface area (Å²) in [5, 5.41) is 0. The quantitative estimate of drug-likeness (QED) is 0.351. The fourth-order valence-electron chi connectivity index (χ4n) is 1.87. The first-order valence-electron chi connectivity index (χ1n) is 6.19. The monoisotopic (exact) mass is 312 g/mol. The molecule has 0 aliphatic rings. The van der Waals surface area contributed by atoms with Crippen molar-refractivity contribution in [1.82, 2.24) is 0 Å². The Bertz CT molecular complexity index is 475. The molecule has 1 aromatic rings. The van der Waals surface area contributed by atoms with Crippen molar-refractivity contribution < 1.29 is 26.4 Å². The summed E-state index contributed by atoms with van der Waals surface area (Å²) in [6.07, 6.45) is 0.713. The predicted octanol–water partition coefficient (Wildman–Crippen LogP) is 3.34. The topological polar surface area (TPSA) is 9.23 Å². The van der Waals surface area contributed by atoms with Gasteiger partial charge in [0.25, 0.3) is 0 Å². The van der Waals surface area contributed by atoms with Gasteiger partial charge < -0.3 is 4.43 Å². The maximum atomic E-state index is 13.6. The van der Waals surface area contributed by atoms with Crippen LogP contribution in [0.1, 0.15) is 45.1 Å². The molecule has 0 aliphatic heterocycles. The highest BCUT2D eigenvalue weighted by molar-refractivity contribution is 5.98. The normalized spacial score (nSPS) is 13.8. The van der Waals surface area contributed by atoms with Crippen LogP contribution in [0.3, 0.4) is 0 Å². The third-order valence-electron chi connectivity index (χ3n) is 3.47. The second kappa shape index (κ2) is 6.22. The molecule has 1 rings (SSSR count). The van der Waals surface area contributed by atoms with E-state index in [0.717, 1.165) is 0 Å². The molecular formula is C13H17F5OSi. The van der Waals surface area contributed by atoms with Gasteiger partial charge in [0.2, 0.25) is 5.82 Å². The van der Waals surface area contributed by atoms with Crippen LogP contribution in [-0.4, -0.2) is 16.1 Å². The number of benzene rings is 1. The van der Waals surface area contributed by atoms with E-state index in [2.05, 4.69) is 0 Å². The molecule has 20 heavy (non-hydrogen) atoms. The van der Waals surface area contributed by atoms with E-state index in [9.17, 15) is 22.0 Å². The Morgan fingerprint density at radius 2 is 1.35 bits per heavy atom. The van der Waals surface area contributed by atoms with E-state index in [1.165, 1.54) is 6.92 Å². The van der Waals surface area contributed by atoms with Crippen LogP contribution in [0.5, 0.6) is 0 Å². The van der Waals surface area contributed by atoms with Crippen LogP contribution < -0.4 is 0 Å². The first-order chi connectivity index (χ1) is 9.12. The lowest BCUT2D eigenvalue weighted by molar-refractivity contribution is 0.107. The van der Waals surface area contributed by atoms with E-state index in [4.69, 9.17) is 4.43 Å². The SMILES string of the molecule is CC(CCC(C)(C)O[SiH3])c1c(F)c(F)c(F)c(F)c1F. The van der Waals surface area contributed by atoms with Crippen molar-refractivity contribution in [1.29, 1.82) is 0 Å². The zero-order valence-corrected chi connectivity index (χ0v) is 13.8. The molecule has 0 heterocycles. The average molecular weight is 312 g/mol. The Kier molecular flexibility index (Phi) is 5.31. The lowest BCUT2D eigenvalue weighted by Gasteiger charge is -2.25. The molecule has 1 unspecified atom stereocenters. The molecule has 0 amide bonds. The zero-order chi connectivity index (χ0) is 15.7. The molecule has 0 radical (unpaired) electrons. The fraction of sp³-hybridized carbons (Fsp3) is 0.538. The van der Waals surface area contributed by atoms with Crippen molar-refractivity contribution in [2.75, 3.05) is 0 Å². The lowest BCUT2D eigenvalue weighted by Crippen LogP contribution is -2.24. The Hall–Kier alpha value is -0.953. The van der Waals surface area contributed by atoms with Crippen LogP contribution in [0.2, 0.25) is 0 Å². The van der Waals surface area contributed by atoms with Gasteiger partial charge >= 0.3 is 0 Å². The van der Waals surface area contributed by atoms with E-state index in [1.54, 1.807) is 0 Å². The molecular weight excluding hydrogens is 295 g/mol. The molecule has 0 N–H and O–H groups in total. The highest BCUT2D eigenvalue weighted by Gasteiger charge is 2.29. The van der Waals surface area contributed by atoms with Crippen LogP contribution in [0, 0.1) is 29.1 Å². The largest absolute Gasteiger partial charge is 0.423 e. The fourth-order valence-corrected chi connectivity index (χ4v) is 2.07. The minimum absolute atomic E-state index is 0.258. The van der Waals surface area contributed by atoms with Crippen molar-refractivity contribution in [2.45, 2.75) is 45.1 Å². The highest BCUT2D eigenvalue weighted by atomic mass is 28.2. The van der Waals surface area contributed by atoms with E-state index in [1.807, 2.05) is 13.8 Å². The number of rotatable bonds is 5. The average Bonchev–Trinajstić information content (AvgIpc) is 2.41. The number of hydrogen-bond donors (Lipinski definition) is 0. The van der Waals surface area contributed by atoms with Crippen molar-refractivity contribution >= 4 is 10.5 Å². The lowest BCUT2D eigenvalue weighted by atomic mass is 9.90. The Morgan fingerprint density at radius 1 is 0.950 bits per heavy atom. The second-order valence-electron chi connectivity index (χ2n) is 5.39. The molecule has 0 saturated carbocycles. The van der Waals surface area contributed by atoms with Crippen molar-refractivity contribution in [3.05, 3.63) is 34.6 Å². The second-order valence-corrected chi connectivity index (χ2v) is 5.80. The van der Waals surface area contributed by atoms with E-state index in [-0.39, 0.29) is 6.42 Å². The minimum atomic E-state index is -2.13. The molecule has 1 nitrogen and oxygen atoms in total. The molecule has 0 spiro atoms. The summed E-state index contributed by atoms with van der Waals surface area (Å²) in [6.45, 7) is 5.05. The van der Waals surface area contributed by atoms with Gasteiger partial charge in [0, 0.05) is 11.2 Å². The van der Waals surface area contributed by atoms with E-state index in [0.29, 0.717) is 16.9 Å². The zero-order valence-electron chi connectivity index (χ0n) is 11.8. The van der Waals surface area contributed by atoms with Crippen LogP contribution in [-0.2, 0) is 4.43 Å². The van der Waals surface area contributed by atoms with Crippen LogP contribution in [0.4, 0.5) is 22.0 Å². The smallest absolute Gasteiger partial charge is 0.200 e. The van der Waals surface area contributed by atoms with Gasteiger partial charge in [0.1, 0.15) is 10.5 Å². The maximum absolute atomic E-state index is 13.6. The molecule has 0 aliphatic carbocycles. The van der Waals surface area contributed by atoms with Crippen LogP contribution in [0.25, 0.3) is 0 Å². The molecule has 7 heteroatoms. The van der Waals surface area contributed by atoms with Gasteiger partial charge in [0.15, 0.2) is 23.3 Å². The van der Waals surface area contributed by atoms with Crippen molar-refractivity contribution in [2.24, 2.45) is 0 Å². The first-order valence-corrected chi connectivity index (χ1v) is 7.00. The summed E-state index contributed by atoms with van der Waals surface area (Å²) in [5.41, 5.74) is -1.23. The summed E-state index contributed by atoms with van der Waals surface area (Å²) in [5.74, 6) is -10.2. The van der Waals surface area contributed by atoms with Crippen LogP contribution in [0.15, 0.2) is 0 Å². The molecule has 0 aromatic heterocycles. The van der Waals surface area contributed by atoms with Gasteiger partial charge in [-0.3, -0.25) is 0 Å². The number of halogens is 5. The summed E-state index contributed by atoms with van der Waals surface area (Å²) in [7, 11) is 0.502. The molecule has 0 bridgehead atoms. The minimum Gasteiger partial charge on any atom is -0.423 e. The van der Waals surface area contributed by atoms with Gasteiger partial charge in [-0.05, 0) is 32.6 Å². The highest BCUT2D eigenvalue weighted by Crippen LogP contribution is 2.32. The van der Waals surface area contributed by atoms with Crippen LogP contribution >= 0.6 is 0 Å². The van der Waals surface area contributed by atoms with Gasteiger partial charge in [0.05, 0.1) is 0 Å². The summed E-state index contributed by atoms with van der Waals surface area (Å²) < 4.78 is 71.7. The summed E-state index contributed by atoms with van der Waals surface area (Å²) in [6, 6.07) is 0. The van der Waals surface area contributed by atoms with E-state index < -0.39 is 46.2 Å². The van der Waals surface area contributed by atoms with Gasteiger partial charge in [-0.15, -0.1) is 0 Å². The predicted molar refractivity (Wildman–Crippen MR) is 69.0 cm³/mol. The Balaban J connectivity index is 3.08. The Labute approximate surface area is 117 Å².